The van der Waals surface area contributed by atoms with Crippen LogP contribution in [0.2, 0.25) is 0 Å². The van der Waals surface area contributed by atoms with Gasteiger partial charge in [0, 0.05) is 32.1 Å². The Labute approximate surface area is 113 Å². The standard InChI is InChI=1S/C14H22N2O3/c1-14(2,3)19-13(17)16-7-6-15-11(10-16)9-12-5-4-8-18-12/h4-5,8,11,15H,6-7,9-10H2,1-3H3/t11-/m0/s1. The zero-order valence-electron chi connectivity index (χ0n) is 11.8. The highest BCUT2D eigenvalue weighted by Gasteiger charge is 2.27. The van der Waals surface area contributed by atoms with E-state index >= 15 is 0 Å². The summed E-state index contributed by atoms with van der Waals surface area (Å²) in [7, 11) is 0. The van der Waals surface area contributed by atoms with Crippen molar-refractivity contribution in [3.05, 3.63) is 24.2 Å². The van der Waals surface area contributed by atoms with E-state index in [1.165, 1.54) is 0 Å². The van der Waals surface area contributed by atoms with E-state index in [1.54, 1.807) is 11.2 Å². The largest absolute Gasteiger partial charge is 0.469 e. The van der Waals surface area contributed by atoms with Gasteiger partial charge in [0.05, 0.1) is 6.26 Å². The van der Waals surface area contributed by atoms with Crippen LogP contribution in [-0.4, -0.2) is 42.3 Å². The molecule has 19 heavy (non-hydrogen) atoms. The van der Waals surface area contributed by atoms with Crippen molar-refractivity contribution in [1.29, 1.82) is 0 Å². The molecule has 0 spiro atoms. The van der Waals surface area contributed by atoms with Crippen molar-refractivity contribution in [3.8, 4) is 0 Å². The van der Waals surface area contributed by atoms with Gasteiger partial charge >= 0.3 is 6.09 Å². The molecule has 5 heteroatoms. The van der Waals surface area contributed by atoms with Crippen LogP contribution >= 0.6 is 0 Å². The Kier molecular flexibility index (Phi) is 4.14. The quantitative estimate of drug-likeness (QED) is 0.890. The van der Waals surface area contributed by atoms with Gasteiger partial charge in [0.25, 0.3) is 0 Å². The zero-order chi connectivity index (χ0) is 13.9. The zero-order valence-corrected chi connectivity index (χ0v) is 11.8. The van der Waals surface area contributed by atoms with Crippen LogP contribution in [0.1, 0.15) is 26.5 Å². The van der Waals surface area contributed by atoms with Gasteiger partial charge in [-0.1, -0.05) is 0 Å². The van der Waals surface area contributed by atoms with Crippen molar-refractivity contribution in [3.63, 3.8) is 0 Å². The number of rotatable bonds is 2. The first-order valence-electron chi connectivity index (χ1n) is 6.68. The minimum atomic E-state index is -0.446. The number of carbonyl (C=O) groups is 1. The predicted octanol–water partition coefficient (Wildman–Crippen LogP) is 2.03. The summed E-state index contributed by atoms with van der Waals surface area (Å²) >= 11 is 0. The molecule has 1 aliphatic rings. The molecule has 1 aromatic heterocycles. The fraction of sp³-hybridized carbons (Fsp3) is 0.643. The van der Waals surface area contributed by atoms with Crippen molar-refractivity contribution in [1.82, 2.24) is 10.2 Å². The fourth-order valence-corrected chi connectivity index (χ4v) is 2.13. The van der Waals surface area contributed by atoms with Crippen LogP contribution in [0.15, 0.2) is 22.8 Å². The van der Waals surface area contributed by atoms with Crippen molar-refractivity contribution in [2.45, 2.75) is 38.8 Å². The van der Waals surface area contributed by atoms with Gasteiger partial charge in [-0.2, -0.15) is 0 Å². The number of ether oxygens (including phenoxy) is 1. The van der Waals surface area contributed by atoms with Gasteiger partial charge in [-0.25, -0.2) is 4.79 Å². The Morgan fingerprint density at radius 3 is 3.00 bits per heavy atom. The Balaban J connectivity index is 1.88. The summed E-state index contributed by atoms with van der Waals surface area (Å²) < 4.78 is 10.7. The second-order valence-corrected chi connectivity index (χ2v) is 5.86. The number of hydrogen-bond acceptors (Lipinski definition) is 4. The van der Waals surface area contributed by atoms with Crippen LogP contribution in [0.4, 0.5) is 4.79 Å². The van der Waals surface area contributed by atoms with E-state index < -0.39 is 5.60 Å². The summed E-state index contributed by atoms with van der Waals surface area (Å²) in [5, 5.41) is 3.40. The Morgan fingerprint density at radius 1 is 1.58 bits per heavy atom. The number of furan rings is 1. The van der Waals surface area contributed by atoms with Crippen molar-refractivity contribution in [2.24, 2.45) is 0 Å². The monoisotopic (exact) mass is 266 g/mol. The maximum absolute atomic E-state index is 12.0. The molecule has 0 saturated carbocycles. The summed E-state index contributed by atoms with van der Waals surface area (Å²) in [6, 6.07) is 4.05. The molecule has 2 heterocycles. The lowest BCUT2D eigenvalue weighted by Crippen LogP contribution is -2.54. The summed E-state index contributed by atoms with van der Waals surface area (Å²) in [4.78, 5) is 13.8. The van der Waals surface area contributed by atoms with E-state index in [2.05, 4.69) is 5.32 Å². The van der Waals surface area contributed by atoms with E-state index in [4.69, 9.17) is 9.15 Å². The Morgan fingerprint density at radius 2 is 2.37 bits per heavy atom. The first kappa shape index (κ1) is 13.9. The Hall–Kier alpha value is -1.49. The molecule has 1 saturated heterocycles. The van der Waals surface area contributed by atoms with E-state index in [0.717, 1.165) is 18.7 Å². The highest BCUT2D eigenvalue weighted by molar-refractivity contribution is 5.68. The minimum absolute atomic E-state index is 0.215. The van der Waals surface area contributed by atoms with Crippen LogP contribution in [0.3, 0.4) is 0 Å². The lowest BCUT2D eigenvalue weighted by molar-refractivity contribution is 0.0194. The SMILES string of the molecule is CC(C)(C)OC(=O)N1CCN[C@@H](Cc2ccco2)C1. The van der Waals surface area contributed by atoms with Gasteiger partial charge < -0.3 is 19.4 Å². The van der Waals surface area contributed by atoms with E-state index in [0.29, 0.717) is 13.1 Å². The van der Waals surface area contributed by atoms with Gasteiger partial charge in [-0.15, -0.1) is 0 Å². The molecule has 106 valence electrons. The van der Waals surface area contributed by atoms with Crippen LogP contribution in [0.25, 0.3) is 0 Å². The first-order chi connectivity index (χ1) is 8.94. The lowest BCUT2D eigenvalue weighted by atomic mass is 10.1. The fourth-order valence-electron chi connectivity index (χ4n) is 2.13. The number of nitrogens with one attached hydrogen (secondary N) is 1. The molecule has 0 aliphatic carbocycles. The second-order valence-electron chi connectivity index (χ2n) is 5.86. The van der Waals surface area contributed by atoms with Gasteiger partial charge in [0.2, 0.25) is 0 Å². The molecule has 1 aliphatic heterocycles. The van der Waals surface area contributed by atoms with Crippen molar-refractivity contribution < 1.29 is 13.9 Å². The molecule has 0 radical (unpaired) electrons. The lowest BCUT2D eigenvalue weighted by Gasteiger charge is -2.34. The molecular weight excluding hydrogens is 244 g/mol. The summed E-state index contributed by atoms with van der Waals surface area (Å²) in [5.41, 5.74) is -0.446. The van der Waals surface area contributed by atoms with Crippen molar-refractivity contribution in [2.75, 3.05) is 19.6 Å². The third-order valence-corrected chi connectivity index (χ3v) is 2.93. The molecule has 1 amide bonds. The van der Waals surface area contributed by atoms with Crippen LogP contribution in [0.5, 0.6) is 0 Å². The Bertz CT molecular complexity index is 409. The highest BCUT2D eigenvalue weighted by atomic mass is 16.6. The number of amides is 1. The molecule has 0 unspecified atom stereocenters. The average Bonchev–Trinajstić information content (AvgIpc) is 2.80. The summed E-state index contributed by atoms with van der Waals surface area (Å²) in [6.45, 7) is 7.76. The maximum atomic E-state index is 12.0. The molecule has 1 N–H and O–H groups in total. The second kappa shape index (κ2) is 5.65. The van der Waals surface area contributed by atoms with Gasteiger partial charge in [0.15, 0.2) is 0 Å². The molecule has 1 fully saturated rings. The summed E-state index contributed by atoms with van der Waals surface area (Å²) in [5.74, 6) is 0.934. The normalized spacial score (nSPS) is 20.4. The van der Waals surface area contributed by atoms with Gasteiger partial charge in [-0.3, -0.25) is 0 Å². The van der Waals surface area contributed by atoms with Gasteiger partial charge in [0.1, 0.15) is 11.4 Å². The molecule has 1 aromatic rings. The average molecular weight is 266 g/mol. The molecule has 2 rings (SSSR count). The van der Waals surface area contributed by atoms with Crippen LogP contribution in [0, 0.1) is 0 Å². The maximum Gasteiger partial charge on any atom is 0.410 e. The predicted molar refractivity (Wildman–Crippen MR) is 72.0 cm³/mol. The topological polar surface area (TPSA) is 54.7 Å². The van der Waals surface area contributed by atoms with E-state index in [9.17, 15) is 4.79 Å². The van der Waals surface area contributed by atoms with Gasteiger partial charge in [-0.05, 0) is 32.9 Å². The number of hydrogen-bond donors (Lipinski definition) is 1. The summed E-state index contributed by atoms with van der Waals surface area (Å²) in [6.07, 6.45) is 2.22. The number of nitrogens with zero attached hydrogens (tertiary/aromatic N) is 1. The van der Waals surface area contributed by atoms with Crippen molar-refractivity contribution >= 4 is 6.09 Å². The first-order valence-corrected chi connectivity index (χ1v) is 6.68. The minimum Gasteiger partial charge on any atom is -0.469 e. The van der Waals surface area contributed by atoms with E-state index in [-0.39, 0.29) is 12.1 Å². The molecule has 1 atom stereocenters. The molecule has 0 bridgehead atoms. The third-order valence-electron chi connectivity index (χ3n) is 2.93. The van der Waals surface area contributed by atoms with Crippen LogP contribution < -0.4 is 5.32 Å². The van der Waals surface area contributed by atoms with E-state index in [1.807, 2.05) is 32.9 Å². The molecule has 5 nitrogen and oxygen atoms in total. The third kappa shape index (κ3) is 4.28. The number of piperazine rings is 1. The molecular formula is C14H22N2O3. The highest BCUT2D eigenvalue weighted by Crippen LogP contribution is 2.13. The molecule has 0 aromatic carbocycles. The van der Waals surface area contributed by atoms with Crippen LogP contribution in [-0.2, 0) is 11.2 Å². The smallest absolute Gasteiger partial charge is 0.410 e. The number of carbonyl (C=O) groups excluding carboxylic acids is 1.